The van der Waals surface area contributed by atoms with Crippen LogP contribution in [0.1, 0.15) is 37.4 Å². The van der Waals surface area contributed by atoms with E-state index < -0.39 is 0 Å². The lowest BCUT2D eigenvalue weighted by Crippen LogP contribution is -2.09. The summed E-state index contributed by atoms with van der Waals surface area (Å²) in [5, 5.41) is 0. The zero-order chi connectivity index (χ0) is 19.9. The van der Waals surface area contributed by atoms with Gasteiger partial charge in [0.25, 0.3) is 0 Å². The molecule has 0 atom stereocenters. The number of aryl methyl sites for hydroxylation is 2. The molecule has 4 heteroatoms. The van der Waals surface area contributed by atoms with Gasteiger partial charge < -0.3 is 9.47 Å². The molecule has 0 aromatic heterocycles. The van der Waals surface area contributed by atoms with Crippen LogP contribution in [0.25, 0.3) is 0 Å². The number of ether oxygens (including phenoxy) is 2. The van der Waals surface area contributed by atoms with Crippen molar-refractivity contribution in [2.24, 2.45) is 0 Å². The molecule has 0 N–H and O–H groups in total. The Morgan fingerprint density at radius 1 is 0.679 bits per heavy atom. The molecular weight excluding hydrogens is 352 g/mol. The second-order valence-corrected chi connectivity index (χ2v) is 6.65. The number of hydrogen-bond acceptors (Lipinski definition) is 4. The van der Waals surface area contributed by atoms with E-state index in [1.165, 1.54) is 0 Å². The van der Waals surface area contributed by atoms with Crippen LogP contribution in [0.4, 0.5) is 0 Å². The molecular formula is C24H22O4. The summed E-state index contributed by atoms with van der Waals surface area (Å²) in [6, 6.07) is 21.7. The highest BCUT2D eigenvalue weighted by atomic mass is 16.5. The maximum atomic E-state index is 12.1. The van der Waals surface area contributed by atoms with Gasteiger partial charge in [0.15, 0.2) is 0 Å². The van der Waals surface area contributed by atoms with Crippen LogP contribution in [0.5, 0.6) is 5.75 Å². The Kier molecular flexibility index (Phi) is 6.22. The fraction of sp³-hybridized carbons (Fsp3) is 0.167. The number of benzene rings is 3. The largest absolute Gasteiger partial charge is 0.462 e. The van der Waals surface area contributed by atoms with E-state index >= 15 is 0 Å². The first-order valence-electron chi connectivity index (χ1n) is 9.13. The van der Waals surface area contributed by atoms with E-state index in [0.29, 0.717) is 23.3 Å². The second-order valence-electron chi connectivity index (χ2n) is 6.65. The van der Waals surface area contributed by atoms with Crippen molar-refractivity contribution in [1.82, 2.24) is 0 Å². The van der Waals surface area contributed by atoms with Gasteiger partial charge in [0.05, 0.1) is 17.7 Å². The van der Waals surface area contributed by atoms with Gasteiger partial charge in [0.1, 0.15) is 5.75 Å². The first-order chi connectivity index (χ1) is 13.5. The minimum atomic E-state index is -0.389. The van der Waals surface area contributed by atoms with Gasteiger partial charge in [-0.1, -0.05) is 47.5 Å². The third-order valence-corrected chi connectivity index (χ3v) is 4.33. The smallest absolute Gasteiger partial charge is 0.343 e. The normalized spacial score (nSPS) is 10.4. The van der Waals surface area contributed by atoms with E-state index in [1.54, 1.807) is 36.4 Å². The molecule has 0 saturated carbocycles. The van der Waals surface area contributed by atoms with Crippen molar-refractivity contribution in [2.45, 2.75) is 20.3 Å². The standard InChI is InChI=1S/C24H22O4/c1-17-3-9-20(10-4-17)23(25)27-16-15-19-7-13-22(14-8-19)28-24(26)21-11-5-18(2)6-12-21/h3-14H,15-16H2,1-2H3. The Labute approximate surface area is 164 Å². The van der Waals surface area contributed by atoms with Crippen LogP contribution < -0.4 is 4.74 Å². The van der Waals surface area contributed by atoms with Crippen LogP contribution in [0.2, 0.25) is 0 Å². The lowest BCUT2D eigenvalue weighted by atomic mass is 10.1. The summed E-state index contributed by atoms with van der Waals surface area (Å²) in [4.78, 5) is 24.1. The van der Waals surface area contributed by atoms with Gasteiger partial charge in [0, 0.05) is 6.42 Å². The van der Waals surface area contributed by atoms with Crippen LogP contribution in [0.15, 0.2) is 72.8 Å². The van der Waals surface area contributed by atoms with Crippen molar-refractivity contribution in [3.8, 4) is 5.75 Å². The zero-order valence-electron chi connectivity index (χ0n) is 16.0. The molecule has 3 aromatic rings. The lowest BCUT2D eigenvalue weighted by molar-refractivity contribution is 0.0508. The summed E-state index contributed by atoms with van der Waals surface area (Å²) in [5.41, 5.74) is 4.23. The van der Waals surface area contributed by atoms with E-state index in [-0.39, 0.29) is 18.5 Å². The molecule has 0 bridgehead atoms. The van der Waals surface area contributed by atoms with Gasteiger partial charge in [-0.25, -0.2) is 9.59 Å². The Hall–Kier alpha value is -3.40. The summed E-state index contributed by atoms with van der Waals surface area (Å²) < 4.78 is 10.7. The van der Waals surface area contributed by atoms with Gasteiger partial charge in [-0.3, -0.25) is 0 Å². The lowest BCUT2D eigenvalue weighted by Gasteiger charge is -2.07. The summed E-state index contributed by atoms with van der Waals surface area (Å²) in [5.74, 6) is -0.241. The maximum Gasteiger partial charge on any atom is 0.343 e. The van der Waals surface area contributed by atoms with E-state index in [0.717, 1.165) is 16.7 Å². The minimum Gasteiger partial charge on any atom is -0.462 e. The third kappa shape index (κ3) is 5.30. The predicted octanol–water partition coefficient (Wildman–Crippen LogP) is 4.92. The SMILES string of the molecule is Cc1ccc(C(=O)OCCc2ccc(OC(=O)c3ccc(C)cc3)cc2)cc1. The van der Waals surface area contributed by atoms with Crippen LogP contribution >= 0.6 is 0 Å². The molecule has 28 heavy (non-hydrogen) atoms. The van der Waals surface area contributed by atoms with Crippen LogP contribution in [-0.4, -0.2) is 18.5 Å². The average molecular weight is 374 g/mol. The minimum absolute atomic E-state index is 0.287. The molecule has 4 nitrogen and oxygen atoms in total. The van der Waals surface area contributed by atoms with Gasteiger partial charge in [0.2, 0.25) is 0 Å². The third-order valence-electron chi connectivity index (χ3n) is 4.33. The van der Waals surface area contributed by atoms with Crippen molar-refractivity contribution >= 4 is 11.9 Å². The Bertz CT molecular complexity index is 939. The average Bonchev–Trinajstić information content (AvgIpc) is 2.70. The molecule has 0 spiro atoms. The number of esters is 2. The van der Waals surface area contributed by atoms with Crippen LogP contribution in [-0.2, 0) is 11.2 Å². The summed E-state index contributed by atoms with van der Waals surface area (Å²) >= 11 is 0. The molecule has 142 valence electrons. The molecule has 0 radical (unpaired) electrons. The molecule has 0 saturated heterocycles. The molecule has 0 unspecified atom stereocenters. The number of carbonyl (C=O) groups is 2. The van der Waals surface area contributed by atoms with Gasteiger partial charge >= 0.3 is 11.9 Å². The van der Waals surface area contributed by atoms with Gasteiger partial charge in [-0.15, -0.1) is 0 Å². The van der Waals surface area contributed by atoms with E-state index in [9.17, 15) is 9.59 Å². The Balaban J connectivity index is 1.49. The van der Waals surface area contributed by atoms with Crippen molar-refractivity contribution in [3.63, 3.8) is 0 Å². The predicted molar refractivity (Wildman–Crippen MR) is 108 cm³/mol. The van der Waals surface area contributed by atoms with E-state index in [2.05, 4.69) is 0 Å². The number of carbonyl (C=O) groups excluding carboxylic acids is 2. The molecule has 3 rings (SSSR count). The van der Waals surface area contributed by atoms with Crippen LogP contribution in [0.3, 0.4) is 0 Å². The van der Waals surface area contributed by atoms with E-state index in [4.69, 9.17) is 9.47 Å². The first-order valence-corrected chi connectivity index (χ1v) is 9.13. The Morgan fingerprint density at radius 3 is 1.71 bits per heavy atom. The molecule has 0 amide bonds. The second kappa shape index (κ2) is 9.00. The Morgan fingerprint density at radius 2 is 1.18 bits per heavy atom. The summed E-state index contributed by atoms with van der Waals surface area (Å²) in [6.45, 7) is 4.22. The fourth-order valence-electron chi connectivity index (χ4n) is 2.61. The maximum absolute atomic E-state index is 12.1. The van der Waals surface area contributed by atoms with Gasteiger partial charge in [-0.05, 0) is 55.8 Å². The highest BCUT2D eigenvalue weighted by Gasteiger charge is 2.09. The quantitative estimate of drug-likeness (QED) is 0.454. The molecule has 0 aliphatic carbocycles. The monoisotopic (exact) mass is 374 g/mol. The molecule has 0 fully saturated rings. The van der Waals surface area contributed by atoms with Crippen molar-refractivity contribution in [1.29, 1.82) is 0 Å². The number of rotatable bonds is 6. The zero-order valence-corrected chi connectivity index (χ0v) is 16.0. The first kappa shape index (κ1) is 19.4. The van der Waals surface area contributed by atoms with Crippen molar-refractivity contribution in [2.75, 3.05) is 6.61 Å². The van der Waals surface area contributed by atoms with Crippen LogP contribution in [0, 0.1) is 13.8 Å². The topological polar surface area (TPSA) is 52.6 Å². The fourth-order valence-corrected chi connectivity index (χ4v) is 2.61. The van der Waals surface area contributed by atoms with Gasteiger partial charge in [-0.2, -0.15) is 0 Å². The molecule has 0 heterocycles. The molecule has 0 aliphatic heterocycles. The summed E-state index contributed by atoms with van der Waals surface area (Å²) in [6.07, 6.45) is 0.587. The highest BCUT2D eigenvalue weighted by Crippen LogP contribution is 2.15. The number of hydrogen-bond donors (Lipinski definition) is 0. The molecule has 3 aromatic carbocycles. The molecule has 0 aliphatic rings. The van der Waals surface area contributed by atoms with Crippen molar-refractivity contribution in [3.05, 3.63) is 101 Å². The summed E-state index contributed by atoms with van der Waals surface area (Å²) in [7, 11) is 0. The van der Waals surface area contributed by atoms with Crippen molar-refractivity contribution < 1.29 is 19.1 Å². The van der Waals surface area contributed by atoms with E-state index in [1.807, 2.05) is 50.2 Å². The highest BCUT2D eigenvalue weighted by molar-refractivity contribution is 5.91.